The lowest BCUT2D eigenvalue weighted by Crippen LogP contribution is -2.43. The highest BCUT2D eigenvalue weighted by atomic mass is 35.5. The second-order valence-electron chi connectivity index (χ2n) is 4.77. The van der Waals surface area contributed by atoms with Gasteiger partial charge in [-0.15, -0.1) is 6.58 Å². The first-order chi connectivity index (χ1) is 9.61. The van der Waals surface area contributed by atoms with Crippen LogP contribution in [0.15, 0.2) is 30.9 Å². The van der Waals surface area contributed by atoms with Crippen LogP contribution in [0.1, 0.15) is 23.2 Å². The molecule has 0 bridgehead atoms. The zero-order valence-electron chi connectivity index (χ0n) is 11.1. The fourth-order valence-electron chi connectivity index (χ4n) is 2.27. The minimum atomic E-state index is -0.0320. The van der Waals surface area contributed by atoms with Crippen LogP contribution in [0.25, 0.3) is 0 Å². The van der Waals surface area contributed by atoms with E-state index in [1.807, 2.05) is 0 Å². The number of amides is 1. The minimum Gasteiger partial charge on any atom is -0.372 e. The van der Waals surface area contributed by atoms with E-state index < -0.39 is 0 Å². The second kappa shape index (κ2) is 7.11. The molecule has 3 nitrogen and oxygen atoms in total. The average molecular weight is 314 g/mol. The third kappa shape index (κ3) is 3.75. The number of likely N-dealkylation sites (tertiary alicyclic amines) is 1. The molecule has 0 radical (unpaired) electrons. The number of rotatable bonds is 4. The predicted octanol–water partition coefficient (Wildman–Crippen LogP) is 3.80. The lowest BCUT2D eigenvalue weighted by Gasteiger charge is -2.32. The molecule has 1 aliphatic rings. The highest BCUT2D eigenvalue weighted by Gasteiger charge is 2.25. The normalized spacial score (nSPS) is 18.9. The van der Waals surface area contributed by atoms with Crippen molar-refractivity contribution in [3.8, 4) is 0 Å². The van der Waals surface area contributed by atoms with Gasteiger partial charge in [0.05, 0.1) is 22.8 Å². The fourth-order valence-corrected chi connectivity index (χ4v) is 2.57. The van der Waals surface area contributed by atoms with Crippen LogP contribution in [-0.4, -0.2) is 36.6 Å². The summed E-state index contributed by atoms with van der Waals surface area (Å²) in [6.07, 6.45) is 3.71. The number of ether oxygens (including phenoxy) is 1. The van der Waals surface area contributed by atoms with Gasteiger partial charge in [0.15, 0.2) is 0 Å². The summed E-state index contributed by atoms with van der Waals surface area (Å²) in [5.41, 5.74) is 0.559. The Morgan fingerprint density at radius 3 is 2.95 bits per heavy atom. The lowest BCUT2D eigenvalue weighted by molar-refractivity contribution is 0.0134. The molecular formula is C15H17Cl2NO2. The number of nitrogens with zero attached hydrogens (tertiary/aromatic N) is 1. The smallest absolute Gasteiger partial charge is 0.253 e. The number of piperidine rings is 1. The van der Waals surface area contributed by atoms with Gasteiger partial charge in [-0.05, 0) is 31.0 Å². The summed E-state index contributed by atoms with van der Waals surface area (Å²) < 4.78 is 5.63. The van der Waals surface area contributed by atoms with Crippen LogP contribution in [0.2, 0.25) is 10.0 Å². The Kier molecular flexibility index (Phi) is 5.46. The molecule has 0 saturated carbocycles. The molecule has 1 aromatic rings. The van der Waals surface area contributed by atoms with Crippen molar-refractivity contribution >= 4 is 29.1 Å². The molecule has 0 spiro atoms. The molecule has 1 heterocycles. The van der Waals surface area contributed by atoms with Gasteiger partial charge in [-0.1, -0.05) is 29.3 Å². The number of benzene rings is 1. The zero-order valence-corrected chi connectivity index (χ0v) is 12.7. The first kappa shape index (κ1) is 15.4. The van der Waals surface area contributed by atoms with Crippen molar-refractivity contribution in [2.45, 2.75) is 18.9 Å². The van der Waals surface area contributed by atoms with Crippen molar-refractivity contribution in [2.24, 2.45) is 0 Å². The van der Waals surface area contributed by atoms with E-state index in [0.29, 0.717) is 28.8 Å². The van der Waals surface area contributed by atoms with Gasteiger partial charge in [0.2, 0.25) is 0 Å². The topological polar surface area (TPSA) is 29.5 Å². The molecular weight excluding hydrogens is 297 g/mol. The summed E-state index contributed by atoms with van der Waals surface area (Å²) in [6.45, 7) is 5.49. The van der Waals surface area contributed by atoms with Gasteiger partial charge in [-0.2, -0.15) is 0 Å². The molecule has 0 N–H and O–H groups in total. The van der Waals surface area contributed by atoms with Gasteiger partial charge in [0, 0.05) is 18.7 Å². The van der Waals surface area contributed by atoms with E-state index in [1.165, 1.54) is 0 Å². The third-order valence-corrected chi connectivity index (χ3v) is 4.02. The van der Waals surface area contributed by atoms with Crippen molar-refractivity contribution in [3.63, 3.8) is 0 Å². The Morgan fingerprint density at radius 2 is 2.25 bits per heavy atom. The number of carbonyl (C=O) groups is 1. The fraction of sp³-hybridized carbons (Fsp3) is 0.400. The van der Waals surface area contributed by atoms with E-state index in [1.54, 1.807) is 29.2 Å². The zero-order chi connectivity index (χ0) is 14.5. The quantitative estimate of drug-likeness (QED) is 0.791. The minimum absolute atomic E-state index is 0.0320. The molecule has 1 fully saturated rings. The standard InChI is InChI=1S/C15H17Cl2NO2/c1-2-8-20-12-4-3-7-18(10-12)15(19)11-5-6-13(16)14(17)9-11/h2,5-6,9,12H,1,3-4,7-8,10H2/t12-/m1/s1. The Hall–Kier alpha value is -1.03. The van der Waals surface area contributed by atoms with Crippen LogP contribution in [0.3, 0.4) is 0 Å². The SMILES string of the molecule is C=CCO[C@@H]1CCCN(C(=O)c2ccc(Cl)c(Cl)c2)C1. The molecule has 1 atom stereocenters. The molecule has 2 rings (SSSR count). The van der Waals surface area contributed by atoms with Crippen LogP contribution >= 0.6 is 23.2 Å². The molecule has 108 valence electrons. The van der Waals surface area contributed by atoms with Gasteiger partial charge in [0.1, 0.15) is 0 Å². The summed E-state index contributed by atoms with van der Waals surface area (Å²) in [4.78, 5) is 14.2. The van der Waals surface area contributed by atoms with E-state index in [-0.39, 0.29) is 12.0 Å². The van der Waals surface area contributed by atoms with E-state index >= 15 is 0 Å². The van der Waals surface area contributed by atoms with Crippen LogP contribution in [0, 0.1) is 0 Å². The molecule has 0 unspecified atom stereocenters. The molecule has 0 aliphatic carbocycles. The van der Waals surface area contributed by atoms with Crippen molar-refractivity contribution in [1.29, 1.82) is 0 Å². The highest BCUT2D eigenvalue weighted by molar-refractivity contribution is 6.42. The Balaban J connectivity index is 2.04. The van der Waals surface area contributed by atoms with Crippen molar-refractivity contribution in [2.75, 3.05) is 19.7 Å². The first-order valence-electron chi connectivity index (χ1n) is 6.58. The Labute approximate surface area is 129 Å². The lowest BCUT2D eigenvalue weighted by atomic mass is 10.1. The first-order valence-corrected chi connectivity index (χ1v) is 7.34. The number of halogens is 2. The largest absolute Gasteiger partial charge is 0.372 e. The summed E-state index contributed by atoms with van der Waals surface area (Å²) in [6, 6.07) is 4.96. The Bertz CT molecular complexity index is 505. The molecule has 1 amide bonds. The summed E-state index contributed by atoms with van der Waals surface area (Å²) >= 11 is 11.8. The van der Waals surface area contributed by atoms with E-state index in [9.17, 15) is 4.79 Å². The molecule has 1 aromatic carbocycles. The van der Waals surface area contributed by atoms with Gasteiger partial charge in [-0.25, -0.2) is 0 Å². The predicted molar refractivity (Wildman–Crippen MR) is 81.5 cm³/mol. The van der Waals surface area contributed by atoms with E-state index in [0.717, 1.165) is 19.4 Å². The van der Waals surface area contributed by atoms with E-state index in [4.69, 9.17) is 27.9 Å². The molecule has 1 aliphatic heterocycles. The number of carbonyl (C=O) groups excluding carboxylic acids is 1. The molecule has 0 aromatic heterocycles. The van der Waals surface area contributed by atoms with Gasteiger partial charge in [0.25, 0.3) is 5.91 Å². The van der Waals surface area contributed by atoms with Crippen molar-refractivity contribution < 1.29 is 9.53 Å². The number of hydrogen-bond acceptors (Lipinski definition) is 2. The van der Waals surface area contributed by atoms with E-state index in [2.05, 4.69) is 6.58 Å². The maximum absolute atomic E-state index is 12.4. The monoisotopic (exact) mass is 313 g/mol. The van der Waals surface area contributed by atoms with Gasteiger partial charge < -0.3 is 9.64 Å². The number of hydrogen-bond donors (Lipinski definition) is 0. The van der Waals surface area contributed by atoms with Crippen LogP contribution < -0.4 is 0 Å². The van der Waals surface area contributed by atoms with Crippen molar-refractivity contribution in [1.82, 2.24) is 4.90 Å². The summed E-state index contributed by atoms with van der Waals surface area (Å²) in [5.74, 6) is -0.0320. The maximum atomic E-state index is 12.4. The second-order valence-corrected chi connectivity index (χ2v) is 5.58. The third-order valence-electron chi connectivity index (χ3n) is 3.28. The highest BCUT2D eigenvalue weighted by Crippen LogP contribution is 2.24. The van der Waals surface area contributed by atoms with Crippen molar-refractivity contribution in [3.05, 3.63) is 46.5 Å². The summed E-state index contributed by atoms with van der Waals surface area (Å²) in [7, 11) is 0. The molecule has 1 saturated heterocycles. The molecule has 20 heavy (non-hydrogen) atoms. The van der Waals surface area contributed by atoms with Gasteiger partial charge in [-0.3, -0.25) is 4.79 Å². The summed E-state index contributed by atoms with van der Waals surface area (Å²) in [5, 5.41) is 0.850. The van der Waals surface area contributed by atoms with Crippen LogP contribution in [0.4, 0.5) is 0 Å². The van der Waals surface area contributed by atoms with Crippen LogP contribution in [0.5, 0.6) is 0 Å². The van der Waals surface area contributed by atoms with Crippen LogP contribution in [-0.2, 0) is 4.74 Å². The Morgan fingerprint density at radius 1 is 1.45 bits per heavy atom. The maximum Gasteiger partial charge on any atom is 0.253 e. The molecule has 5 heteroatoms. The average Bonchev–Trinajstić information content (AvgIpc) is 2.47. The van der Waals surface area contributed by atoms with Gasteiger partial charge >= 0.3 is 0 Å².